The molecule has 0 bridgehead atoms. The van der Waals surface area contributed by atoms with Crippen LogP contribution in [0.25, 0.3) is 0 Å². The van der Waals surface area contributed by atoms with Gasteiger partial charge in [0.05, 0.1) is 0 Å². The molecule has 0 amide bonds. The minimum atomic E-state index is -3.69. The van der Waals surface area contributed by atoms with Crippen LogP contribution >= 0.6 is 0 Å². The van der Waals surface area contributed by atoms with Crippen molar-refractivity contribution in [2.24, 2.45) is 5.92 Å². The maximum atomic E-state index is 2.50. The average Bonchev–Trinajstić information content (AvgIpc) is 2.79. The van der Waals surface area contributed by atoms with Crippen LogP contribution in [-0.2, 0) is 0 Å². The predicted octanol–water partition coefficient (Wildman–Crippen LogP) is 6.52. The topological polar surface area (TPSA) is 0 Å². The third kappa shape index (κ3) is 4.83. The summed E-state index contributed by atoms with van der Waals surface area (Å²) in [5.74, 6) is 1.77. The van der Waals surface area contributed by atoms with Crippen molar-refractivity contribution >= 4 is 37.3 Å². The van der Waals surface area contributed by atoms with Gasteiger partial charge in [-0.1, -0.05) is 0 Å². The van der Waals surface area contributed by atoms with Gasteiger partial charge in [0.25, 0.3) is 0 Å². The predicted molar refractivity (Wildman–Crippen MR) is 147 cm³/mol. The molecule has 3 rings (SSSR count). The average molecular weight is 618 g/mol. The van der Waals surface area contributed by atoms with Gasteiger partial charge in [0.2, 0.25) is 0 Å². The molecule has 2 heteroatoms. The molecule has 3 aromatic carbocycles. The third-order valence-electron chi connectivity index (χ3n) is 7.03. The molecule has 0 aliphatic rings. The molecule has 0 spiro atoms. The van der Waals surface area contributed by atoms with Gasteiger partial charge in [-0.25, -0.2) is 0 Å². The van der Waals surface area contributed by atoms with Gasteiger partial charge in [-0.3, -0.25) is 0 Å². The quantitative estimate of drug-likeness (QED) is 0.253. The van der Waals surface area contributed by atoms with Crippen LogP contribution in [0.1, 0.15) is 48.5 Å². The van der Waals surface area contributed by atoms with Crippen molar-refractivity contribution in [1.29, 1.82) is 0 Å². The van der Waals surface area contributed by atoms with Crippen LogP contribution in [0.5, 0.6) is 0 Å². The van der Waals surface area contributed by atoms with E-state index in [1.807, 2.05) is 0 Å². The Morgan fingerprint density at radius 2 is 0.875 bits per heavy atom. The van der Waals surface area contributed by atoms with E-state index in [4.69, 9.17) is 0 Å². The second-order valence-electron chi connectivity index (χ2n) is 10.1. The van der Waals surface area contributed by atoms with E-state index in [0.29, 0.717) is 24.3 Å². The standard InChI is InChI=1S/C12H24B.3C6H5.Pb/c1-8-12(9(2)3)13(10(4)5)11(6)7;3*1-2-4-6-5-3-1;/h9-11H,1-7H3;3*1-5H;. The van der Waals surface area contributed by atoms with E-state index < -0.39 is 21.2 Å². The van der Waals surface area contributed by atoms with E-state index in [0.717, 1.165) is 0 Å². The van der Waals surface area contributed by atoms with E-state index >= 15 is 0 Å². The zero-order valence-corrected chi connectivity index (χ0v) is 24.9. The van der Waals surface area contributed by atoms with Crippen LogP contribution in [0.2, 0.25) is 11.6 Å². The SMILES string of the molecule is C/[C](=C(/B(C(C)C)C(C)C)C(C)C)[Pb]([c]1ccccc1)([c]1ccccc1)[c]1ccccc1. The molecule has 0 heterocycles. The van der Waals surface area contributed by atoms with Crippen molar-refractivity contribution in [1.82, 2.24) is 0 Å². The summed E-state index contributed by atoms with van der Waals surface area (Å²) >= 11 is -3.69. The van der Waals surface area contributed by atoms with Crippen LogP contribution in [-0.4, -0.2) is 27.9 Å². The summed E-state index contributed by atoms with van der Waals surface area (Å²) in [4.78, 5) is 0. The van der Waals surface area contributed by atoms with E-state index in [1.165, 1.54) is 0 Å². The van der Waals surface area contributed by atoms with Crippen LogP contribution in [0.15, 0.2) is 99.6 Å². The first kappa shape index (κ1) is 25.0. The van der Waals surface area contributed by atoms with Gasteiger partial charge in [-0.2, -0.15) is 0 Å². The Morgan fingerprint density at radius 3 is 1.12 bits per heavy atom. The summed E-state index contributed by atoms with van der Waals surface area (Å²) in [6, 6.07) is 34.3. The molecule has 0 aromatic heterocycles. The summed E-state index contributed by atoms with van der Waals surface area (Å²) in [5.41, 5.74) is 1.70. The van der Waals surface area contributed by atoms with Gasteiger partial charge in [0.1, 0.15) is 0 Å². The van der Waals surface area contributed by atoms with Gasteiger partial charge in [0.15, 0.2) is 0 Å². The molecular formula is C30H39BPb. The molecule has 0 fully saturated rings. The Kier molecular flexibility index (Phi) is 8.60. The van der Waals surface area contributed by atoms with Crippen LogP contribution in [0, 0.1) is 5.92 Å². The summed E-state index contributed by atoms with van der Waals surface area (Å²) < 4.78 is 6.36. The normalized spacial score (nSPS) is 12.9. The molecule has 32 heavy (non-hydrogen) atoms. The van der Waals surface area contributed by atoms with Crippen molar-refractivity contribution in [2.75, 3.05) is 0 Å². The van der Waals surface area contributed by atoms with E-state index in [2.05, 4.69) is 139 Å². The second kappa shape index (κ2) is 11.0. The molecule has 0 aliphatic heterocycles. The summed E-state index contributed by atoms with van der Waals surface area (Å²) in [6.07, 6.45) is 0. The fraction of sp³-hybridized carbons (Fsp3) is 0.333. The van der Waals surface area contributed by atoms with Crippen LogP contribution < -0.4 is 9.37 Å². The van der Waals surface area contributed by atoms with Crippen molar-refractivity contribution < 1.29 is 0 Å². The molecule has 0 N–H and O–H groups in total. The zero-order valence-electron chi connectivity index (χ0n) is 21.0. The number of hydrogen-bond donors (Lipinski definition) is 0. The van der Waals surface area contributed by atoms with Crippen molar-refractivity contribution in [3.8, 4) is 0 Å². The number of hydrogen-bond acceptors (Lipinski definition) is 0. The van der Waals surface area contributed by atoms with Crippen molar-refractivity contribution in [2.45, 2.75) is 60.1 Å². The monoisotopic (exact) mass is 618 g/mol. The summed E-state index contributed by atoms with van der Waals surface area (Å²) in [7, 11) is 0. The van der Waals surface area contributed by atoms with Crippen LogP contribution in [0.4, 0.5) is 0 Å². The van der Waals surface area contributed by atoms with Crippen LogP contribution in [0.3, 0.4) is 0 Å². The fourth-order valence-corrected chi connectivity index (χ4v) is 26.5. The molecule has 0 aliphatic carbocycles. The van der Waals surface area contributed by atoms with Gasteiger partial charge < -0.3 is 0 Å². The molecule has 0 unspecified atom stereocenters. The Bertz CT molecular complexity index is 900. The number of rotatable bonds is 8. The van der Waals surface area contributed by atoms with Gasteiger partial charge >= 0.3 is 203 Å². The van der Waals surface area contributed by atoms with Crippen molar-refractivity contribution in [3.05, 3.63) is 99.6 Å². The molecule has 3 aromatic rings. The molecule has 0 radical (unpaired) electrons. The Balaban J connectivity index is 2.52. The third-order valence-corrected chi connectivity index (χ3v) is 26.5. The van der Waals surface area contributed by atoms with E-state index in [9.17, 15) is 0 Å². The molecule has 0 atom stereocenters. The van der Waals surface area contributed by atoms with Gasteiger partial charge in [-0.05, 0) is 0 Å². The first-order valence-corrected chi connectivity index (χ1v) is 20.0. The Labute approximate surface area is 201 Å². The maximum absolute atomic E-state index is 3.69. The van der Waals surface area contributed by atoms with Crippen molar-refractivity contribution in [3.63, 3.8) is 0 Å². The second-order valence-corrected chi connectivity index (χ2v) is 25.6. The van der Waals surface area contributed by atoms with E-state index in [-0.39, 0.29) is 0 Å². The Hall–Kier alpha value is -1.61. The van der Waals surface area contributed by atoms with E-state index in [1.54, 1.807) is 18.0 Å². The Morgan fingerprint density at radius 1 is 0.562 bits per heavy atom. The van der Waals surface area contributed by atoms with Gasteiger partial charge in [0, 0.05) is 0 Å². The van der Waals surface area contributed by atoms with Gasteiger partial charge in [-0.15, -0.1) is 0 Å². The molecule has 0 saturated heterocycles. The molecule has 166 valence electrons. The molecular weight excluding hydrogens is 578 g/mol. The first-order valence-electron chi connectivity index (χ1n) is 12.2. The summed E-state index contributed by atoms with van der Waals surface area (Å²) in [5, 5.41) is 0. The minimum absolute atomic E-state index is 0.528. The first-order chi connectivity index (χ1) is 15.3. The fourth-order valence-electron chi connectivity index (χ4n) is 5.99. The number of allylic oxidation sites excluding steroid dienone is 2. The number of benzene rings is 3. The summed E-state index contributed by atoms with van der Waals surface area (Å²) in [6.45, 7) is 17.6. The molecule has 0 saturated carbocycles. The molecule has 0 nitrogen and oxygen atoms in total. The zero-order chi connectivity index (χ0) is 23.3.